The van der Waals surface area contributed by atoms with Crippen LogP contribution in [0.4, 0.5) is 0 Å². The molecule has 0 unspecified atom stereocenters. The van der Waals surface area contributed by atoms with Crippen molar-refractivity contribution in [3.05, 3.63) is 46.2 Å². The van der Waals surface area contributed by atoms with Gasteiger partial charge in [-0.1, -0.05) is 54.0 Å². The molecule has 1 aromatic carbocycles. The Morgan fingerprint density at radius 1 is 0.970 bits per heavy atom. The average Bonchev–Trinajstić information content (AvgIpc) is 3.70. The molecule has 3 aliphatic heterocycles. The van der Waals surface area contributed by atoms with Gasteiger partial charge in [-0.05, 0) is 105 Å². The van der Waals surface area contributed by atoms with Gasteiger partial charge >= 0.3 is 5.97 Å². The number of ether oxygens (including phenoxy) is 6. The predicted octanol–water partition coefficient (Wildman–Crippen LogP) is 5.66. The summed E-state index contributed by atoms with van der Waals surface area (Å²) in [6, 6.07) is 7.12. The zero-order chi connectivity index (χ0) is 48.9. The summed E-state index contributed by atoms with van der Waals surface area (Å²) in [6.45, 7) is 20.2. The first-order chi connectivity index (χ1) is 30.9. The maximum absolute atomic E-state index is 14.4. The number of halogens is 1. The van der Waals surface area contributed by atoms with Gasteiger partial charge in [-0.2, -0.15) is 0 Å². The van der Waals surface area contributed by atoms with Crippen LogP contribution in [0.15, 0.2) is 34.9 Å². The molecular weight excluding hydrogens is 914 g/mol. The fourth-order valence-corrected chi connectivity index (χ4v) is 10.9. The second-order valence-corrected chi connectivity index (χ2v) is 21.7. The number of carbonyl (C=O) groups is 1. The second-order valence-electron chi connectivity index (χ2n) is 20.8. The minimum Gasteiger partial charge on any atom is -0.459 e. The van der Waals surface area contributed by atoms with Crippen molar-refractivity contribution >= 4 is 21.9 Å². The molecule has 0 saturated carbocycles. The van der Waals surface area contributed by atoms with E-state index in [0.717, 1.165) is 22.2 Å². The lowest BCUT2D eigenvalue weighted by atomic mass is 9.77. The number of rotatable bonds is 13. The van der Waals surface area contributed by atoms with Crippen molar-refractivity contribution in [1.82, 2.24) is 24.8 Å². The first-order valence-electron chi connectivity index (χ1n) is 24.1. The van der Waals surface area contributed by atoms with E-state index in [9.17, 15) is 25.2 Å². The molecule has 0 aliphatic carbocycles. The fraction of sp³-hybridized carbons (Fsp3) is 0.816. The summed E-state index contributed by atoms with van der Waals surface area (Å²) in [5.74, 6) is -2.26. The number of carbonyl (C=O) groups excluding carboxylic acids is 1. The molecule has 0 radical (unpaired) electrons. The van der Waals surface area contributed by atoms with Gasteiger partial charge < -0.3 is 58.6 Å². The number of esters is 1. The van der Waals surface area contributed by atoms with Crippen LogP contribution in [0.2, 0.25) is 0 Å². The van der Waals surface area contributed by atoms with Gasteiger partial charge in [-0.25, -0.2) is 4.68 Å². The molecule has 1 aromatic heterocycles. The second kappa shape index (κ2) is 23.2. The zero-order valence-electron chi connectivity index (χ0n) is 41.8. The van der Waals surface area contributed by atoms with E-state index in [4.69, 9.17) is 28.4 Å². The molecule has 66 heavy (non-hydrogen) atoms. The molecule has 17 heteroatoms. The zero-order valence-corrected chi connectivity index (χ0v) is 43.4. The maximum Gasteiger partial charge on any atom is 0.311 e. The smallest absolute Gasteiger partial charge is 0.311 e. The molecule has 16 nitrogen and oxygen atoms in total. The van der Waals surface area contributed by atoms with Gasteiger partial charge in [0.05, 0.1) is 59.9 Å². The minimum absolute atomic E-state index is 0.0691. The molecule has 3 saturated heterocycles. The summed E-state index contributed by atoms with van der Waals surface area (Å²) >= 11 is 3.44. The number of methoxy groups -OCH3 is 1. The topological polar surface area (TPSA) is 191 Å². The van der Waals surface area contributed by atoms with Crippen LogP contribution in [0.3, 0.4) is 0 Å². The highest BCUT2D eigenvalue weighted by Crippen LogP contribution is 2.40. The van der Waals surface area contributed by atoms with Gasteiger partial charge in [0.1, 0.15) is 17.8 Å². The molecule has 4 N–H and O–H groups in total. The van der Waals surface area contributed by atoms with Gasteiger partial charge in [0.25, 0.3) is 0 Å². The van der Waals surface area contributed by atoms with Crippen LogP contribution in [0.25, 0.3) is 0 Å². The monoisotopic (exact) mass is 996 g/mol. The molecule has 0 amide bonds. The standard InChI is InChI=1S/C49H82BrN5O11/c1-14-40-49(10,60)44(57)34(7)54(12)26-29(2)23-48(9,59)45(32(5)43(33(6)46(58)64-40)65-42-25-47(8,61-13)24-31(4)63-42)66-41-22-38(21-30(3)62-41)53(11)20-19-37-27-55(52-51-37)28-39(56)35-15-17-36(50)18-16-35/h15-18,27,29-34,38-45,56-57,59-60H,14,19-26,28H2,1-13H3/t29-,30-,31+,32+,33-,34-,38+,39-,40-,41+,42+,43+,44-,45-,47+,48-,49-/m1/s1. The molecule has 3 aliphatic rings. The molecule has 5 rings (SSSR count). The Bertz CT molecular complexity index is 1820. The van der Waals surface area contributed by atoms with E-state index in [0.29, 0.717) is 45.2 Å². The van der Waals surface area contributed by atoms with E-state index in [1.165, 1.54) is 6.92 Å². The summed E-state index contributed by atoms with van der Waals surface area (Å²) in [7, 11) is 5.64. The van der Waals surface area contributed by atoms with E-state index >= 15 is 0 Å². The van der Waals surface area contributed by atoms with Gasteiger partial charge in [0, 0.05) is 74.6 Å². The van der Waals surface area contributed by atoms with Crippen molar-refractivity contribution in [3.8, 4) is 0 Å². The summed E-state index contributed by atoms with van der Waals surface area (Å²) in [6.07, 6.45) is -1.19. The largest absolute Gasteiger partial charge is 0.459 e. The normalized spacial score (nSPS) is 39.8. The first kappa shape index (κ1) is 54.8. The van der Waals surface area contributed by atoms with Crippen LogP contribution in [0, 0.1) is 17.8 Å². The fourth-order valence-electron chi connectivity index (χ4n) is 10.7. The Morgan fingerprint density at radius 3 is 2.29 bits per heavy atom. The Kier molecular flexibility index (Phi) is 19.3. The van der Waals surface area contributed by atoms with E-state index in [2.05, 4.69) is 45.1 Å². The third-order valence-corrected chi connectivity index (χ3v) is 15.2. The first-order valence-corrected chi connectivity index (χ1v) is 24.9. The lowest BCUT2D eigenvalue weighted by Crippen LogP contribution is -2.59. The van der Waals surface area contributed by atoms with Crippen LogP contribution in [0.1, 0.15) is 125 Å². The van der Waals surface area contributed by atoms with Crippen molar-refractivity contribution in [2.45, 2.75) is 205 Å². The summed E-state index contributed by atoms with van der Waals surface area (Å²) < 4.78 is 41.6. The van der Waals surface area contributed by atoms with E-state index in [1.54, 1.807) is 25.6 Å². The van der Waals surface area contributed by atoms with Crippen LogP contribution >= 0.6 is 15.9 Å². The lowest BCUT2D eigenvalue weighted by Gasteiger charge is -2.47. The van der Waals surface area contributed by atoms with E-state index < -0.39 is 83.7 Å². The predicted molar refractivity (Wildman–Crippen MR) is 253 cm³/mol. The molecule has 0 bridgehead atoms. The Hall–Kier alpha value is -2.13. The van der Waals surface area contributed by atoms with E-state index in [1.807, 2.05) is 84.0 Å². The van der Waals surface area contributed by atoms with Crippen molar-refractivity contribution in [2.24, 2.45) is 17.8 Å². The molecule has 4 heterocycles. The highest BCUT2D eigenvalue weighted by molar-refractivity contribution is 9.10. The summed E-state index contributed by atoms with van der Waals surface area (Å²) in [5, 5.41) is 55.8. The highest BCUT2D eigenvalue weighted by atomic mass is 79.9. The van der Waals surface area contributed by atoms with Crippen molar-refractivity contribution in [2.75, 3.05) is 34.3 Å². The number of hydrogen-bond acceptors (Lipinski definition) is 15. The molecule has 17 atom stereocenters. The number of aromatic nitrogens is 3. The lowest BCUT2D eigenvalue weighted by molar-refractivity contribution is -0.292. The molecule has 376 valence electrons. The van der Waals surface area contributed by atoms with Crippen molar-refractivity contribution in [1.29, 1.82) is 0 Å². The van der Waals surface area contributed by atoms with Crippen LogP contribution in [-0.2, 0) is 46.2 Å². The number of hydrogen-bond donors (Lipinski definition) is 4. The Labute approximate surface area is 402 Å². The van der Waals surface area contributed by atoms with Gasteiger partial charge in [-0.15, -0.1) is 5.10 Å². The van der Waals surface area contributed by atoms with E-state index in [-0.39, 0.29) is 37.1 Å². The van der Waals surface area contributed by atoms with Crippen LogP contribution < -0.4 is 0 Å². The Balaban J connectivity index is 1.40. The van der Waals surface area contributed by atoms with Crippen molar-refractivity contribution in [3.63, 3.8) is 0 Å². The maximum atomic E-state index is 14.4. The molecule has 0 spiro atoms. The number of likely N-dealkylation sites (N-methyl/N-ethyl adjacent to an activating group) is 2. The number of aliphatic hydroxyl groups excluding tert-OH is 2. The molecular formula is C49H82BrN5O11. The number of cyclic esters (lactones) is 1. The van der Waals surface area contributed by atoms with Crippen molar-refractivity contribution < 1.29 is 53.6 Å². The summed E-state index contributed by atoms with van der Waals surface area (Å²) in [5.41, 5.74) is -2.16. The SMILES string of the molecule is CC[C@H]1OC(=O)[C@H](C)[C@@H](O[C@H]2C[C@@](C)(OC)C[C@H](C)O2)[C@H](C)[C@@H](O[C@H]2C[C@@H](N(C)CCc3cn(C[C@@H](O)c4ccc(Br)cc4)nn3)C[C@@H](C)O2)[C@](C)(O)C[C@@H](C)CN(C)[C@H](C)[C@@H](O)[C@]1(C)O. The third kappa shape index (κ3) is 14.0. The number of nitrogens with zero attached hydrogens (tertiary/aromatic N) is 5. The Morgan fingerprint density at radius 2 is 1.64 bits per heavy atom. The number of aliphatic hydroxyl groups is 4. The highest BCUT2D eigenvalue weighted by Gasteiger charge is 2.51. The third-order valence-electron chi connectivity index (χ3n) is 14.7. The van der Waals surface area contributed by atoms with Gasteiger partial charge in [-0.3, -0.25) is 4.79 Å². The minimum atomic E-state index is -1.77. The van der Waals surface area contributed by atoms with Gasteiger partial charge in [0.15, 0.2) is 12.6 Å². The van der Waals surface area contributed by atoms with Crippen LogP contribution in [0.5, 0.6) is 0 Å². The quantitative estimate of drug-likeness (QED) is 0.180. The average molecular weight is 997 g/mol. The van der Waals surface area contributed by atoms with Crippen LogP contribution in [-0.4, -0.2) is 164 Å². The summed E-state index contributed by atoms with van der Waals surface area (Å²) in [4.78, 5) is 18.7. The molecule has 2 aromatic rings. The number of benzene rings is 1. The van der Waals surface area contributed by atoms with Gasteiger partial charge in [0.2, 0.25) is 0 Å². The molecule has 3 fully saturated rings.